The number of aromatic nitrogens is 2. The van der Waals surface area contributed by atoms with E-state index in [0.29, 0.717) is 11.2 Å². The second-order valence-electron chi connectivity index (χ2n) is 6.16. The zero-order valence-electron chi connectivity index (χ0n) is 13.4. The van der Waals surface area contributed by atoms with Crippen LogP contribution in [0.15, 0.2) is 0 Å². The van der Waals surface area contributed by atoms with E-state index < -0.39 is 0 Å². The fourth-order valence-corrected chi connectivity index (χ4v) is 2.45. The van der Waals surface area contributed by atoms with Crippen LogP contribution in [-0.4, -0.2) is 16.0 Å². The Kier molecular flexibility index (Phi) is 8.24. The van der Waals surface area contributed by atoms with Crippen molar-refractivity contribution in [3.63, 3.8) is 0 Å². The summed E-state index contributed by atoms with van der Waals surface area (Å²) in [6.45, 7) is 9.76. The highest BCUT2D eigenvalue weighted by Gasteiger charge is 2.09. The number of aromatic amines is 1. The molecule has 1 aromatic heterocycles. The first-order chi connectivity index (χ1) is 9.52. The molecule has 1 heterocycles. The molecule has 0 radical (unpaired) electrons. The summed E-state index contributed by atoms with van der Waals surface area (Å²) in [6, 6.07) is 0.521. The summed E-state index contributed by atoms with van der Waals surface area (Å²) in [5.74, 6) is 1.81. The molecule has 116 valence electrons. The number of nitrogens with one attached hydrogen (secondary N) is 2. The summed E-state index contributed by atoms with van der Waals surface area (Å²) in [5.41, 5.74) is 1.02. The largest absolute Gasteiger partial charge is 0.344 e. The Balaban J connectivity index is 2.31. The molecule has 1 atom stereocenters. The highest BCUT2D eigenvalue weighted by Crippen LogP contribution is 2.15. The van der Waals surface area contributed by atoms with Crippen molar-refractivity contribution in [2.45, 2.75) is 78.8 Å². The molecule has 1 rings (SSSR count). The second-order valence-corrected chi connectivity index (χ2v) is 6.52. The van der Waals surface area contributed by atoms with E-state index in [1.54, 1.807) is 0 Å². The molecule has 1 unspecified atom stereocenters. The van der Waals surface area contributed by atoms with Crippen LogP contribution in [0.2, 0.25) is 5.15 Å². The molecule has 0 aliphatic rings. The summed E-state index contributed by atoms with van der Waals surface area (Å²) in [5, 5.41) is 4.15. The smallest absolute Gasteiger partial charge is 0.151 e. The third kappa shape index (κ3) is 6.76. The minimum Gasteiger partial charge on any atom is -0.344 e. The van der Waals surface area contributed by atoms with E-state index in [-0.39, 0.29) is 0 Å². The topological polar surface area (TPSA) is 40.7 Å². The summed E-state index contributed by atoms with van der Waals surface area (Å²) < 4.78 is 0. The molecule has 4 heteroatoms. The quantitative estimate of drug-likeness (QED) is 0.657. The number of hydrogen-bond donors (Lipinski definition) is 2. The van der Waals surface area contributed by atoms with Crippen LogP contribution in [-0.2, 0) is 13.0 Å². The van der Waals surface area contributed by atoms with E-state index in [9.17, 15) is 0 Å². The summed E-state index contributed by atoms with van der Waals surface area (Å²) >= 11 is 6.17. The standard InChI is InChI=1S/C16H30ClN3/c1-5-6-10-15-19-14(16(17)20-15)11-18-13(4)9-7-8-12(2)3/h12-13,18H,5-11H2,1-4H3,(H,19,20). The van der Waals surface area contributed by atoms with Crippen molar-refractivity contribution >= 4 is 11.6 Å². The van der Waals surface area contributed by atoms with Crippen LogP contribution < -0.4 is 5.32 Å². The van der Waals surface area contributed by atoms with Gasteiger partial charge in [-0.05, 0) is 25.7 Å². The molecule has 0 aromatic carbocycles. The molecule has 0 saturated heterocycles. The van der Waals surface area contributed by atoms with Crippen molar-refractivity contribution in [2.75, 3.05) is 0 Å². The minimum atomic E-state index is 0.521. The van der Waals surface area contributed by atoms with Crippen LogP contribution in [0.4, 0.5) is 0 Å². The molecule has 0 saturated carbocycles. The molecule has 0 bridgehead atoms. The molecule has 0 spiro atoms. The van der Waals surface area contributed by atoms with Gasteiger partial charge < -0.3 is 10.3 Å². The molecule has 1 aromatic rings. The van der Waals surface area contributed by atoms with Crippen molar-refractivity contribution in [3.8, 4) is 0 Å². The fourth-order valence-electron chi connectivity index (χ4n) is 2.23. The molecule has 0 aliphatic carbocycles. The maximum Gasteiger partial charge on any atom is 0.151 e. The van der Waals surface area contributed by atoms with E-state index in [2.05, 4.69) is 43.0 Å². The summed E-state index contributed by atoms with van der Waals surface area (Å²) in [7, 11) is 0. The van der Waals surface area contributed by atoms with E-state index in [4.69, 9.17) is 11.6 Å². The van der Waals surface area contributed by atoms with Gasteiger partial charge in [0, 0.05) is 19.0 Å². The molecule has 2 N–H and O–H groups in total. The Bertz CT molecular complexity index is 374. The van der Waals surface area contributed by atoms with Gasteiger partial charge in [-0.1, -0.05) is 51.6 Å². The molecule has 0 aliphatic heterocycles. The van der Waals surface area contributed by atoms with Gasteiger partial charge in [-0.15, -0.1) is 0 Å². The van der Waals surface area contributed by atoms with E-state index >= 15 is 0 Å². The summed E-state index contributed by atoms with van der Waals surface area (Å²) in [4.78, 5) is 7.72. The van der Waals surface area contributed by atoms with Crippen LogP contribution in [0.1, 0.15) is 71.3 Å². The van der Waals surface area contributed by atoms with E-state index in [1.807, 2.05) is 0 Å². The number of aryl methyl sites for hydroxylation is 1. The average Bonchev–Trinajstić information content (AvgIpc) is 2.74. The predicted octanol–water partition coefficient (Wildman–Crippen LogP) is 4.71. The van der Waals surface area contributed by atoms with Crippen molar-refractivity contribution in [1.29, 1.82) is 0 Å². The Morgan fingerprint density at radius 3 is 2.60 bits per heavy atom. The van der Waals surface area contributed by atoms with Gasteiger partial charge in [0.2, 0.25) is 0 Å². The molecule has 20 heavy (non-hydrogen) atoms. The molecular weight excluding hydrogens is 270 g/mol. The maximum atomic E-state index is 6.17. The van der Waals surface area contributed by atoms with Gasteiger partial charge in [0.25, 0.3) is 0 Å². The third-order valence-corrected chi connectivity index (χ3v) is 3.90. The maximum absolute atomic E-state index is 6.17. The number of nitrogens with zero attached hydrogens (tertiary/aromatic N) is 1. The van der Waals surface area contributed by atoms with Crippen LogP contribution in [0, 0.1) is 5.92 Å². The van der Waals surface area contributed by atoms with Crippen molar-refractivity contribution < 1.29 is 0 Å². The van der Waals surface area contributed by atoms with Gasteiger partial charge in [0.05, 0.1) is 5.69 Å². The predicted molar refractivity (Wildman–Crippen MR) is 87.2 cm³/mol. The first kappa shape index (κ1) is 17.5. The second kappa shape index (κ2) is 9.41. The van der Waals surface area contributed by atoms with Crippen LogP contribution >= 0.6 is 11.6 Å². The first-order valence-electron chi connectivity index (χ1n) is 7.99. The van der Waals surface area contributed by atoms with Gasteiger partial charge in [0.1, 0.15) is 5.82 Å². The number of halogens is 1. The average molecular weight is 300 g/mol. The van der Waals surface area contributed by atoms with Gasteiger partial charge in [0.15, 0.2) is 5.15 Å². The fraction of sp³-hybridized carbons (Fsp3) is 0.812. The normalized spacial score (nSPS) is 13.1. The van der Waals surface area contributed by atoms with Crippen LogP contribution in [0.25, 0.3) is 0 Å². The Morgan fingerprint density at radius 1 is 1.20 bits per heavy atom. The highest BCUT2D eigenvalue weighted by atomic mass is 35.5. The lowest BCUT2D eigenvalue weighted by Crippen LogP contribution is -2.25. The Morgan fingerprint density at radius 2 is 1.95 bits per heavy atom. The number of H-pyrrole nitrogens is 1. The molecule has 0 fully saturated rings. The Labute approximate surface area is 128 Å². The number of rotatable bonds is 10. The van der Waals surface area contributed by atoms with Gasteiger partial charge in [-0.25, -0.2) is 4.98 Å². The van der Waals surface area contributed by atoms with E-state index in [1.165, 1.54) is 25.7 Å². The minimum absolute atomic E-state index is 0.521. The van der Waals surface area contributed by atoms with Crippen molar-refractivity contribution in [2.24, 2.45) is 5.92 Å². The van der Waals surface area contributed by atoms with E-state index in [0.717, 1.165) is 36.8 Å². The number of hydrogen-bond acceptors (Lipinski definition) is 2. The monoisotopic (exact) mass is 299 g/mol. The molecular formula is C16H30ClN3. The van der Waals surface area contributed by atoms with Gasteiger partial charge in [-0.2, -0.15) is 0 Å². The lowest BCUT2D eigenvalue weighted by molar-refractivity contribution is 0.455. The third-order valence-electron chi connectivity index (χ3n) is 3.59. The lowest BCUT2D eigenvalue weighted by atomic mass is 10.0. The van der Waals surface area contributed by atoms with Crippen molar-refractivity contribution in [1.82, 2.24) is 15.3 Å². The Hall–Kier alpha value is -0.540. The zero-order chi connectivity index (χ0) is 15.0. The zero-order valence-corrected chi connectivity index (χ0v) is 14.2. The van der Waals surface area contributed by atoms with Crippen LogP contribution in [0.3, 0.4) is 0 Å². The summed E-state index contributed by atoms with van der Waals surface area (Å²) in [6.07, 6.45) is 7.12. The lowest BCUT2D eigenvalue weighted by Gasteiger charge is -2.13. The molecule has 3 nitrogen and oxygen atoms in total. The van der Waals surface area contributed by atoms with Gasteiger partial charge >= 0.3 is 0 Å². The SMILES string of the molecule is CCCCc1nc(Cl)c(CNC(C)CCCC(C)C)[nH]1. The van der Waals surface area contributed by atoms with Gasteiger partial charge in [-0.3, -0.25) is 0 Å². The highest BCUT2D eigenvalue weighted by molar-refractivity contribution is 6.30. The van der Waals surface area contributed by atoms with Crippen LogP contribution in [0.5, 0.6) is 0 Å². The first-order valence-corrected chi connectivity index (χ1v) is 8.37. The molecule has 0 amide bonds. The van der Waals surface area contributed by atoms with Crippen molar-refractivity contribution in [3.05, 3.63) is 16.7 Å². The number of unbranched alkanes of at least 4 members (excludes halogenated alkanes) is 1. The number of imidazole rings is 1.